The van der Waals surface area contributed by atoms with Crippen molar-refractivity contribution in [3.8, 4) is 0 Å². The van der Waals surface area contributed by atoms with Crippen molar-refractivity contribution >= 4 is 11.9 Å². The standard InChI is InChI=1S/C16H26N2O4/c1-6-13(14(19)20)11(7-12-8-17-10-18(12)5)9-22-15(21)16(2,3)4/h8,10-11,13H,6-7,9H2,1-5H3,(H,19,20)/t11-,13?/m0/s1. The third kappa shape index (κ3) is 4.86. The maximum absolute atomic E-state index is 11.9. The minimum atomic E-state index is -0.860. The number of aryl methyl sites for hydroxylation is 1. The summed E-state index contributed by atoms with van der Waals surface area (Å²) in [6.45, 7) is 7.27. The van der Waals surface area contributed by atoms with Crippen molar-refractivity contribution in [2.75, 3.05) is 6.61 Å². The van der Waals surface area contributed by atoms with Gasteiger partial charge in [0, 0.05) is 24.9 Å². The van der Waals surface area contributed by atoms with Crippen molar-refractivity contribution in [1.29, 1.82) is 0 Å². The number of carbonyl (C=O) groups is 2. The average Bonchev–Trinajstić information content (AvgIpc) is 2.80. The van der Waals surface area contributed by atoms with Gasteiger partial charge < -0.3 is 14.4 Å². The summed E-state index contributed by atoms with van der Waals surface area (Å²) >= 11 is 0. The van der Waals surface area contributed by atoms with Gasteiger partial charge in [0.1, 0.15) is 0 Å². The maximum Gasteiger partial charge on any atom is 0.311 e. The van der Waals surface area contributed by atoms with E-state index in [4.69, 9.17) is 4.74 Å². The lowest BCUT2D eigenvalue weighted by atomic mass is 9.87. The maximum atomic E-state index is 11.9. The van der Waals surface area contributed by atoms with Crippen molar-refractivity contribution in [3.05, 3.63) is 18.2 Å². The van der Waals surface area contributed by atoms with E-state index in [-0.39, 0.29) is 18.5 Å². The highest BCUT2D eigenvalue weighted by molar-refractivity contribution is 5.75. The summed E-state index contributed by atoms with van der Waals surface area (Å²) in [5.74, 6) is -2.00. The van der Waals surface area contributed by atoms with Gasteiger partial charge in [-0.25, -0.2) is 4.98 Å². The van der Waals surface area contributed by atoms with Crippen LogP contribution in [-0.4, -0.2) is 33.2 Å². The first-order valence-electron chi connectivity index (χ1n) is 7.52. The molecule has 0 spiro atoms. The second-order valence-electron chi connectivity index (χ2n) is 6.66. The van der Waals surface area contributed by atoms with Gasteiger partial charge in [0.2, 0.25) is 0 Å². The highest BCUT2D eigenvalue weighted by Crippen LogP contribution is 2.23. The predicted molar refractivity (Wildman–Crippen MR) is 82.2 cm³/mol. The summed E-state index contributed by atoms with van der Waals surface area (Å²) in [6, 6.07) is 0. The molecule has 1 N–H and O–H groups in total. The second kappa shape index (κ2) is 7.42. The van der Waals surface area contributed by atoms with Gasteiger partial charge >= 0.3 is 11.9 Å². The molecule has 0 saturated carbocycles. The molecule has 6 heteroatoms. The van der Waals surface area contributed by atoms with Crippen LogP contribution in [0.25, 0.3) is 0 Å². The summed E-state index contributed by atoms with van der Waals surface area (Å²) in [6.07, 6.45) is 4.39. The van der Waals surface area contributed by atoms with Crippen LogP contribution in [0.15, 0.2) is 12.5 Å². The second-order valence-corrected chi connectivity index (χ2v) is 6.66. The summed E-state index contributed by atoms with van der Waals surface area (Å²) in [5.41, 5.74) is 0.332. The Morgan fingerprint density at radius 2 is 2.05 bits per heavy atom. The predicted octanol–water partition coefficient (Wildman–Crippen LogP) is 2.28. The van der Waals surface area contributed by atoms with Crippen LogP contribution in [0.4, 0.5) is 0 Å². The quantitative estimate of drug-likeness (QED) is 0.781. The topological polar surface area (TPSA) is 81.4 Å². The molecule has 1 heterocycles. The molecule has 1 aromatic rings. The van der Waals surface area contributed by atoms with Crippen molar-refractivity contribution in [3.63, 3.8) is 0 Å². The molecule has 0 aliphatic carbocycles. The molecule has 0 aliphatic heterocycles. The van der Waals surface area contributed by atoms with Crippen molar-refractivity contribution in [2.45, 2.75) is 40.5 Å². The molecular formula is C16H26N2O4. The molecule has 0 fully saturated rings. The number of rotatable bonds is 7. The zero-order valence-electron chi connectivity index (χ0n) is 14.0. The van der Waals surface area contributed by atoms with Crippen LogP contribution >= 0.6 is 0 Å². The first-order valence-corrected chi connectivity index (χ1v) is 7.52. The van der Waals surface area contributed by atoms with Crippen LogP contribution in [0, 0.1) is 17.3 Å². The number of hydrogen-bond donors (Lipinski definition) is 1. The van der Waals surface area contributed by atoms with Gasteiger partial charge in [-0.2, -0.15) is 0 Å². The molecule has 124 valence electrons. The van der Waals surface area contributed by atoms with Gasteiger partial charge in [-0.3, -0.25) is 9.59 Å². The Kier molecular flexibility index (Phi) is 6.14. The number of carboxylic acid groups (broad SMARTS) is 1. The summed E-state index contributed by atoms with van der Waals surface area (Å²) in [5, 5.41) is 9.40. The normalized spacial score (nSPS) is 14.4. The molecule has 1 rings (SSSR count). The van der Waals surface area contributed by atoms with Gasteiger partial charge in [-0.15, -0.1) is 0 Å². The highest BCUT2D eigenvalue weighted by Gasteiger charge is 2.30. The fourth-order valence-corrected chi connectivity index (χ4v) is 2.28. The van der Waals surface area contributed by atoms with E-state index >= 15 is 0 Å². The van der Waals surface area contributed by atoms with Gasteiger partial charge in [-0.05, 0) is 33.6 Å². The molecule has 0 aliphatic rings. The van der Waals surface area contributed by atoms with Crippen LogP contribution in [0.1, 0.15) is 39.8 Å². The van der Waals surface area contributed by atoms with Crippen LogP contribution < -0.4 is 0 Å². The van der Waals surface area contributed by atoms with Gasteiger partial charge in [0.25, 0.3) is 0 Å². The van der Waals surface area contributed by atoms with Crippen molar-refractivity contribution in [1.82, 2.24) is 9.55 Å². The largest absolute Gasteiger partial charge is 0.481 e. The molecule has 0 saturated heterocycles. The zero-order chi connectivity index (χ0) is 16.9. The lowest BCUT2D eigenvalue weighted by Crippen LogP contribution is -2.32. The Morgan fingerprint density at radius 3 is 2.45 bits per heavy atom. The minimum Gasteiger partial charge on any atom is -0.481 e. The first kappa shape index (κ1) is 18.2. The molecule has 0 aromatic carbocycles. The average molecular weight is 310 g/mol. The number of carboxylic acids is 1. The van der Waals surface area contributed by atoms with Gasteiger partial charge in [0.15, 0.2) is 0 Å². The summed E-state index contributed by atoms with van der Waals surface area (Å²) in [7, 11) is 1.86. The Morgan fingerprint density at radius 1 is 1.41 bits per heavy atom. The SMILES string of the molecule is CCC(C(=O)O)[C@H](COC(=O)C(C)(C)C)Cc1cncn1C. The lowest BCUT2D eigenvalue weighted by Gasteiger charge is -2.25. The third-order valence-electron chi connectivity index (χ3n) is 3.75. The first-order chi connectivity index (χ1) is 10.2. The van der Waals surface area contributed by atoms with E-state index in [0.29, 0.717) is 12.8 Å². The van der Waals surface area contributed by atoms with E-state index in [1.54, 1.807) is 33.3 Å². The molecular weight excluding hydrogens is 284 g/mol. The number of hydrogen-bond acceptors (Lipinski definition) is 4. The Labute approximate surface area is 131 Å². The molecule has 6 nitrogen and oxygen atoms in total. The Balaban J connectivity index is 2.85. The zero-order valence-corrected chi connectivity index (χ0v) is 14.0. The third-order valence-corrected chi connectivity index (χ3v) is 3.75. The molecule has 1 unspecified atom stereocenters. The molecule has 0 amide bonds. The molecule has 0 bridgehead atoms. The van der Waals surface area contributed by atoms with Crippen molar-refractivity contribution < 1.29 is 19.4 Å². The number of carbonyl (C=O) groups excluding carboxylic acids is 1. The van der Waals surface area contributed by atoms with Crippen LogP contribution in [0.5, 0.6) is 0 Å². The van der Waals surface area contributed by atoms with Crippen LogP contribution in [0.2, 0.25) is 0 Å². The van der Waals surface area contributed by atoms with Gasteiger partial charge in [-0.1, -0.05) is 6.92 Å². The van der Waals surface area contributed by atoms with E-state index in [0.717, 1.165) is 5.69 Å². The van der Waals surface area contributed by atoms with Gasteiger partial charge in [0.05, 0.1) is 24.3 Å². The number of imidazole rings is 1. The number of nitrogens with zero attached hydrogens (tertiary/aromatic N) is 2. The van der Waals surface area contributed by atoms with E-state index < -0.39 is 17.3 Å². The number of esters is 1. The van der Waals surface area contributed by atoms with E-state index in [1.165, 1.54) is 0 Å². The summed E-state index contributed by atoms with van der Waals surface area (Å²) < 4.78 is 7.21. The number of aromatic nitrogens is 2. The number of ether oxygens (including phenoxy) is 1. The van der Waals surface area contributed by atoms with Crippen molar-refractivity contribution in [2.24, 2.45) is 24.3 Å². The Bertz CT molecular complexity index is 516. The number of aliphatic carboxylic acids is 1. The minimum absolute atomic E-state index is 0.103. The molecule has 2 atom stereocenters. The van der Waals surface area contributed by atoms with E-state index in [1.807, 2.05) is 18.5 Å². The highest BCUT2D eigenvalue weighted by atomic mass is 16.5. The smallest absolute Gasteiger partial charge is 0.311 e. The molecule has 22 heavy (non-hydrogen) atoms. The molecule has 1 aromatic heterocycles. The van der Waals surface area contributed by atoms with E-state index in [2.05, 4.69) is 4.98 Å². The van der Waals surface area contributed by atoms with Crippen LogP contribution in [0.3, 0.4) is 0 Å². The Hall–Kier alpha value is -1.85. The fourth-order valence-electron chi connectivity index (χ4n) is 2.28. The molecule has 0 radical (unpaired) electrons. The summed E-state index contributed by atoms with van der Waals surface area (Å²) in [4.78, 5) is 27.4. The van der Waals surface area contributed by atoms with Crippen LogP contribution in [-0.2, 0) is 27.8 Å². The van der Waals surface area contributed by atoms with E-state index in [9.17, 15) is 14.7 Å². The monoisotopic (exact) mass is 310 g/mol. The lowest BCUT2D eigenvalue weighted by molar-refractivity contribution is -0.157. The fraction of sp³-hybridized carbons (Fsp3) is 0.688.